The van der Waals surface area contributed by atoms with Crippen LogP contribution in [0.4, 0.5) is 5.82 Å². The molecular weight excluding hydrogens is 413 g/mol. The van der Waals surface area contributed by atoms with Crippen molar-refractivity contribution in [1.29, 1.82) is 0 Å². The molecule has 0 saturated heterocycles. The molecule has 2 aromatic heterocycles. The van der Waals surface area contributed by atoms with E-state index in [1.165, 1.54) is 16.8 Å². The number of hydrogen-bond donors (Lipinski definition) is 2. The summed E-state index contributed by atoms with van der Waals surface area (Å²) in [5, 5.41) is 18.0. The Bertz CT molecular complexity index is 1350. The molecule has 4 rings (SSSR count). The summed E-state index contributed by atoms with van der Waals surface area (Å²) in [6.45, 7) is 2.87. The number of aromatic nitrogens is 4. The molecule has 3 N–H and O–H groups in total. The summed E-state index contributed by atoms with van der Waals surface area (Å²) in [4.78, 5) is 23.6. The molecule has 33 heavy (non-hydrogen) atoms. The minimum atomic E-state index is -1.01. The molecule has 2 aromatic carbocycles. The maximum atomic E-state index is 12.4. The molecule has 0 amide bonds. The maximum absolute atomic E-state index is 12.4. The Labute approximate surface area is 202 Å². The zero-order valence-electron chi connectivity index (χ0n) is 17.6. The van der Waals surface area contributed by atoms with E-state index in [-0.39, 0.29) is 36.5 Å². The van der Waals surface area contributed by atoms with Crippen molar-refractivity contribution in [2.24, 2.45) is 0 Å². The van der Waals surface area contributed by atoms with Gasteiger partial charge in [0, 0.05) is 29.9 Å². The second-order valence-electron chi connectivity index (χ2n) is 7.60. The number of anilines is 1. The Kier molecular flexibility index (Phi) is 7.54. The molecule has 4 aromatic rings. The first-order valence-corrected chi connectivity index (χ1v) is 10.2. The Hall–Kier alpha value is -3.60. The van der Waals surface area contributed by atoms with Crippen molar-refractivity contribution in [2.45, 2.75) is 26.4 Å². The van der Waals surface area contributed by atoms with Gasteiger partial charge in [-0.2, -0.15) is 10.2 Å². The molecule has 0 atom stereocenters. The predicted octanol–water partition coefficient (Wildman–Crippen LogP) is 2.34. The summed E-state index contributed by atoms with van der Waals surface area (Å²) in [6.07, 6.45) is 0.775. The zero-order chi connectivity index (χ0) is 22.7. The second-order valence-corrected chi connectivity index (χ2v) is 7.60. The van der Waals surface area contributed by atoms with Gasteiger partial charge in [-0.3, -0.25) is 9.48 Å². The average Bonchev–Trinajstić information content (AvgIpc) is 3.11. The third-order valence-electron chi connectivity index (χ3n) is 5.21. The Morgan fingerprint density at radius 3 is 2.45 bits per heavy atom. The van der Waals surface area contributed by atoms with Crippen LogP contribution in [0.15, 0.2) is 71.5 Å². The van der Waals surface area contributed by atoms with Crippen molar-refractivity contribution in [3.05, 3.63) is 99.5 Å². The van der Waals surface area contributed by atoms with Crippen LogP contribution in [0.5, 0.6) is 0 Å². The number of nitrogen functional groups attached to an aromatic ring is 1. The number of carboxylic acids is 1. The standard InChI is InChI=1S/C24H23N5O3.Li.H/c1-16-12-22(25)27-28(16)11-10-17-4-2-6-19(13-17)21-8-9-23(30)29(26-21)15-18-5-3-7-20(14-18)24(31)32;;/h2-9,12-14H,10-11,15H2,1H3,(H2,25,27)(H,31,32);;. The van der Waals surface area contributed by atoms with Crippen LogP contribution in [0.25, 0.3) is 11.3 Å². The fraction of sp³-hybridized carbons (Fsp3) is 0.167. The number of carbonyl (C=O) groups is 1. The van der Waals surface area contributed by atoms with Crippen molar-refractivity contribution < 1.29 is 9.90 Å². The first-order valence-electron chi connectivity index (χ1n) is 10.2. The van der Waals surface area contributed by atoms with E-state index in [2.05, 4.69) is 10.2 Å². The molecule has 0 radical (unpaired) electrons. The molecule has 0 fully saturated rings. The van der Waals surface area contributed by atoms with Gasteiger partial charge in [0.25, 0.3) is 5.56 Å². The number of aryl methyl sites for hydroxylation is 3. The number of nitrogens with two attached hydrogens (primary N) is 1. The monoisotopic (exact) mass is 437 g/mol. The summed E-state index contributed by atoms with van der Waals surface area (Å²) in [5.74, 6) is -0.498. The predicted molar refractivity (Wildman–Crippen MR) is 129 cm³/mol. The van der Waals surface area contributed by atoms with Gasteiger partial charge in [-0.25, -0.2) is 9.48 Å². The zero-order valence-corrected chi connectivity index (χ0v) is 17.6. The molecule has 0 aliphatic heterocycles. The average molecular weight is 437 g/mol. The van der Waals surface area contributed by atoms with Gasteiger partial charge in [0.05, 0.1) is 17.8 Å². The van der Waals surface area contributed by atoms with Crippen molar-refractivity contribution in [1.82, 2.24) is 19.6 Å². The SMILES string of the molecule is Cc1cc(N)nn1CCc1cccc(-c2ccc(=O)n(Cc3cccc(C(=O)O)c3)n2)c1.[LiH]. The van der Waals surface area contributed by atoms with E-state index in [4.69, 9.17) is 5.73 Å². The van der Waals surface area contributed by atoms with Crippen LogP contribution >= 0.6 is 0 Å². The van der Waals surface area contributed by atoms with Gasteiger partial charge in [-0.05, 0) is 48.7 Å². The molecule has 9 heteroatoms. The van der Waals surface area contributed by atoms with Crippen LogP contribution in [0, 0.1) is 6.92 Å². The number of rotatable bonds is 7. The van der Waals surface area contributed by atoms with Gasteiger partial charge in [0.1, 0.15) is 5.82 Å². The van der Waals surface area contributed by atoms with Crippen LogP contribution in [0.3, 0.4) is 0 Å². The molecule has 0 unspecified atom stereocenters. The second kappa shape index (κ2) is 10.3. The van der Waals surface area contributed by atoms with Crippen molar-refractivity contribution >= 4 is 30.6 Å². The van der Waals surface area contributed by atoms with Crippen molar-refractivity contribution in [2.75, 3.05) is 5.73 Å². The summed E-state index contributed by atoms with van der Waals surface area (Å²) >= 11 is 0. The molecule has 0 spiro atoms. The van der Waals surface area contributed by atoms with Gasteiger partial charge in [0.2, 0.25) is 0 Å². The van der Waals surface area contributed by atoms with E-state index >= 15 is 0 Å². The molecule has 164 valence electrons. The van der Waals surface area contributed by atoms with Gasteiger partial charge in [0.15, 0.2) is 0 Å². The third kappa shape index (κ3) is 5.80. The first kappa shape index (κ1) is 24.0. The molecule has 2 heterocycles. The minimum absolute atomic E-state index is 0. The van der Waals surface area contributed by atoms with Crippen LogP contribution in [-0.4, -0.2) is 49.5 Å². The summed E-state index contributed by atoms with van der Waals surface area (Å²) in [7, 11) is 0. The van der Waals surface area contributed by atoms with Gasteiger partial charge < -0.3 is 10.8 Å². The topological polar surface area (TPSA) is 116 Å². The van der Waals surface area contributed by atoms with E-state index in [0.717, 1.165) is 23.2 Å². The van der Waals surface area contributed by atoms with E-state index in [1.54, 1.807) is 24.3 Å². The number of carboxylic acid groups (broad SMARTS) is 1. The fourth-order valence-electron chi connectivity index (χ4n) is 3.57. The Balaban J connectivity index is 0.00000306. The number of nitrogens with zero attached hydrogens (tertiary/aromatic N) is 4. The number of benzene rings is 2. The molecular formula is C24H24LiN5O3. The normalized spacial score (nSPS) is 10.6. The van der Waals surface area contributed by atoms with Crippen LogP contribution < -0.4 is 11.3 Å². The van der Waals surface area contributed by atoms with E-state index in [9.17, 15) is 14.7 Å². The van der Waals surface area contributed by atoms with Crippen LogP contribution in [0.1, 0.15) is 27.2 Å². The van der Waals surface area contributed by atoms with Crippen LogP contribution in [-0.2, 0) is 19.5 Å². The number of hydrogen-bond acceptors (Lipinski definition) is 5. The van der Waals surface area contributed by atoms with Crippen LogP contribution in [0.2, 0.25) is 0 Å². The Morgan fingerprint density at radius 1 is 0.970 bits per heavy atom. The van der Waals surface area contributed by atoms with Gasteiger partial charge in [-0.1, -0.05) is 30.3 Å². The van der Waals surface area contributed by atoms with Gasteiger partial charge >= 0.3 is 24.8 Å². The first-order chi connectivity index (χ1) is 15.4. The molecule has 0 saturated carbocycles. The summed E-state index contributed by atoms with van der Waals surface area (Å²) in [5.41, 5.74) is 10.1. The van der Waals surface area contributed by atoms with Crippen molar-refractivity contribution in [3.63, 3.8) is 0 Å². The summed E-state index contributed by atoms with van der Waals surface area (Å²) < 4.78 is 3.23. The fourth-order valence-corrected chi connectivity index (χ4v) is 3.57. The Morgan fingerprint density at radius 2 is 1.73 bits per heavy atom. The van der Waals surface area contributed by atoms with E-state index in [0.29, 0.717) is 23.6 Å². The van der Waals surface area contributed by atoms with E-state index < -0.39 is 5.97 Å². The summed E-state index contributed by atoms with van der Waals surface area (Å²) in [6, 6.07) is 19.5. The molecule has 0 aliphatic rings. The quantitative estimate of drug-likeness (QED) is 0.429. The van der Waals surface area contributed by atoms with E-state index in [1.807, 2.05) is 41.9 Å². The molecule has 8 nitrogen and oxygen atoms in total. The molecule has 0 aliphatic carbocycles. The molecule has 0 bridgehead atoms. The number of aromatic carboxylic acids is 1. The third-order valence-corrected chi connectivity index (χ3v) is 5.21. The van der Waals surface area contributed by atoms with Crippen molar-refractivity contribution in [3.8, 4) is 11.3 Å². The van der Waals surface area contributed by atoms with Gasteiger partial charge in [-0.15, -0.1) is 0 Å².